The van der Waals surface area contributed by atoms with Gasteiger partial charge in [0.05, 0.1) is 6.10 Å². The van der Waals surface area contributed by atoms with E-state index in [1.54, 1.807) is 0 Å². The Kier molecular flexibility index (Phi) is 3.89. The van der Waals surface area contributed by atoms with E-state index >= 15 is 0 Å². The molecule has 1 atom stereocenters. The second kappa shape index (κ2) is 5.34. The number of piperazine rings is 1. The monoisotopic (exact) mass is 266 g/mol. The summed E-state index contributed by atoms with van der Waals surface area (Å²) in [5, 5.41) is 3.98. The van der Waals surface area contributed by atoms with E-state index in [-0.39, 0.29) is 5.54 Å². The van der Waals surface area contributed by atoms with Crippen LogP contribution < -0.4 is 5.32 Å². The molecule has 110 valence electrons. The predicted octanol–water partition coefficient (Wildman–Crippen LogP) is 2.55. The Bertz CT molecular complexity index is 304. The largest absolute Gasteiger partial charge is 0.377 e. The maximum absolute atomic E-state index is 5.84. The van der Waals surface area contributed by atoms with Gasteiger partial charge in [0.15, 0.2) is 0 Å². The molecule has 19 heavy (non-hydrogen) atoms. The molecule has 0 aromatic rings. The molecule has 1 saturated carbocycles. The fraction of sp³-hybridized carbons (Fsp3) is 1.00. The molecular weight excluding hydrogens is 236 g/mol. The molecule has 1 unspecified atom stereocenters. The second-order valence-corrected chi connectivity index (χ2v) is 7.65. The Morgan fingerprint density at radius 2 is 1.89 bits per heavy atom. The molecule has 2 saturated heterocycles. The van der Waals surface area contributed by atoms with Crippen molar-refractivity contribution in [1.29, 1.82) is 0 Å². The molecule has 3 nitrogen and oxygen atoms in total. The highest BCUT2D eigenvalue weighted by atomic mass is 16.5. The summed E-state index contributed by atoms with van der Waals surface area (Å²) in [6.07, 6.45) is 9.96. The molecule has 1 spiro atoms. The van der Waals surface area contributed by atoms with Crippen molar-refractivity contribution in [3.8, 4) is 0 Å². The van der Waals surface area contributed by atoms with Crippen LogP contribution in [0.4, 0.5) is 0 Å². The van der Waals surface area contributed by atoms with Gasteiger partial charge in [-0.1, -0.05) is 19.3 Å². The summed E-state index contributed by atoms with van der Waals surface area (Å²) in [5.41, 5.74) is 0.632. The lowest BCUT2D eigenvalue weighted by Crippen LogP contribution is -2.69. The van der Waals surface area contributed by atoms with Crippen LogP contribution in [0.2, 0.25) is 0 Å². The van der Waals surface area contributed by atoms with Crippen LogP contribution >= 0.6 is 0 Å². The van der Waals surface area contributed by atoms with Crippen LogP contribution in [0.1, 0.15) is 58.8 Å². The Balaban J connectivity index is 1.66. The number of hydrogen-bond donors (Lipinski definition) is 1. The highest BCUT2D eigenvalue weighted by Crippen LogP contribution is 2.34. The summed E-state index contributed by atoms with van der Waals surface area (Å²) in [6, 6.07) is 0. The van der Waals surface area contributed by atoms with Crippen molar-refractivity contribution in [2.75, 3.05) is 26.2 Å². The lowest BCUT2D eigenvalue weighted by Gasteiger charge is -2.53. The highest BCUT2D eigenvalue weighted by Gasteiger charge is 2.43. The summed E-state index contributed by atoms with van der Waals surface area (Å²) in [7, 11) is 0. The zero-order chi connectivity index (χ0) is 13.3. The van der Waals surface area contributed by atoms with Crippen LogP contribution in [0.25, 0.3) is 0 Å². The van der Waals surface area contributed by atoms with E-state index < -0.39 is 0 Å². The van der Waals surface area contributed by atoms with Gasteiger partial charge in [-0.3, -0.25) is 4.90 Å². The van der Waals surface area contributed by atoms with Gasteiger partial charge < -0.3 is 10.1 Å². The van der Waals surface area contributed by atoms with Gasteiger partial charge in [-0.15, -0.1) is 0 Å². The Morgan fingerprint density at radius 1 is 1.11 bits per heavy atom. The molecule has 3 rings (SSSR count). The van der Waals surface area contributed by atoms with Crippen molar-refractivity contribution in [1.82, 2.24) is 10.2 Å². The minimum Gasteiger partial charge on any atom is -0.377 e. The second-order valence-electron chi connectivity index (χ2n) is 7.65. The quantitative estimate of drug-likeness (QED) is 0.831. The number of nitrogens with one attached hydrogen (secondary N) is 1. The molecule has 3 fully saturated rings. The standard InChI is InChI=1S/C16H30N2O/c1-15(2)12-18(11-14-7-6-10-19-14)13-16(17-15)8-4-3-5-9-16/h14,17H,3-13H2,1-2H3. The van der Waals surface area contributed by atoms with E-state index in [0.29, 0.717) is 11.6 Å². The van der Waals surface area contributed by atoms with E-state index in [0.717, 1.165) is 19.7 Å². The van der Waals surface area contributed by atoms with Crippen LogP contribution in [0.5, 0.6) is 0 Å². The van der Waals surface area contributed by atoms with Crippen molar-refractivity contribution < 1.29 is 4.74 Å². The average molecular weight is 266 g/mol. The number of hydrogen-bond acceptors (Lipinski definition) is 3. The smallest absolute Gasteiger partial charge is 0.0702 e. The Labute approximate surface area is 118 Å². The molecule has 3 aliphatic rings. The van der Waals surface area contributed by atoms with E-state index in [2.05, 4.69) is 24.1 Å². The summed E-state index contributed by atoms with van der Waals surface area (Å²) in [4.78, 5) is 2.68. The molecule has 0 aromatic carbocycles. The zero-order valence-electron chi connectivity index (χ0n) is 12.7. The SMILES string of the molecule is CC1(C)CN(CC2CCCO2)CC2(CCCCC2)N1. The minimum absolute atomic E-state index is 0.244. The molecule has 0 amide bonds. The molecule has 2 aliphatic heterocycles. The number of nitrogens with zero attached hydrogens (tertiary/aromatic N) is 1. The third-order valence-corrected chi connectivity index (χ3v) is 5.05. The van der Waals surface area contributed by atoms with Gasteiger partial charge in [0.2, 0.25) is 0 Å². The van der Waals surface area contributed by atoms with Gasteiger partial charge in [-0.05, 0) is 39.5 Å². The molecule has 3 heteroatoms. The molecule has 0 aromatic heterocycles. The average Bonchev–Trinajstić information content (AvgIpc) is 2.80. The van der Waals surface area contributed by atoms with Gasteiger partial charge in [0, 0.05) is 37.3 Å². The third-order valence-electron chi connectivity index (χ3n) is 5.05. The molecule has 1 aliphatic carbocycles. The first kappa shape index (κ1) is 13.8. The van der Waals surface area contributed by atoms with Crippen molar-refractivity contribution in [3.63, 3.8) is 0 Å². The summed E-state index contributed by atoms with van der Waals surface area (Å²) in [6.45, 7) is 9.25. The van der Waals surface area contributed by atoms with E-state index in [1.807, 2.05) is 0 Å². The van der Waals surface area contributed by atoms with E-state index in [1.165, 1.54) is 51.5 Å². The predicted molar refractivity (Wildman–Crippen MR) is 78.4 cm³/mol. The summed E-state index contributed by atoms with van der Waals surface area (Å²) < 4.78 is 5.84. The molecule has 0 radical (unpaired) electrons. The van der Waals surface area contributed by atoms with Crippen molar-refractivity contribution in [2.24, 2.45) is 0 Å². The Hall–Kier alpha value is -0.120. The lowest BCUT2D eigenvalue weighted by molar-refractivity contribution is 0.00308. The first-order valence-electron chi connectivity index (χ1n) is 8.20. The first-order valence-corrected chi connectivity index (χ1v) is 8.20. The van der Waals surface area contributed by atoms with Crippen LogP contribution in [0, 0.1) is 0 Å². The first-order chi connectivity index (χ1) is 9.07. The fourth-order valence-electron chi connectivity index (χ4n) is 4.56. The molecule has 0 bridgehead atoms. The zero-order valence-corrected chi connectivity index (χ0v) is 12.7. The topological polar surface area (TPSA) is 24.5 Å². The van der Waals surface area contributed by atoms with Crippen LogP contribution in [-0.4, -0.2) is 48.3 Å². The van der Waals surface area contributed by atoms with Crippen molar-refractivity contribution >= 4 is 0 Å². The minimum atomic E-state index is 0.244. The van der Waals surface area contributed by atoms with Gasteiger partial charge in [-0.25, -0.2) is 0 Å². The normalized spacial score (nSPS) is 34.7. The van der Waals surface area contributed by atoms with Crippen LogP contribution in [0.15, 0.2) is 0 Å². The maximum atomic E-state index is 5.84. The third kappa shape index (κ3) is 3.32. The lowest BCUT2D eigenvalue weighted by atomic mass is 9.77. The molecular formula is C16H30N2O. The molecule has 2 heterocycles. The number of ether oxygens (including phenoxy) is 1. The van der Waals surface area contributed by atoms with Crippen molar-refractivity contribution in [2.45, 2.75) is 76.0 Å². The fourth-order valence-corrected chi connectivity index (χ4v) is 4.56. The summed E-state index contributed by atoms with van der Waals surface area (Å²) >= 11 is 0. The van der Waals surface area contributed by atoms with Crippen LogP contribution in [-0.2, 0) is 4.74 Å². The van der Waals surface area contributed by atoms with Gasteiger partial charge >= 0.3 is 0 Å². The maximum Gasteiger partial charge on any atom is 0.0702 e. The molecule has 1 N–H and O–H groups in total. The Morgan fingerprint density at radius 3 is 2.58 bits per heavy atom. The van der Waals surface area contributed by atoms with E-state index in [9.17, 15) is 0 Å². The highest BCUT2D eigenvalue weighted by molar-refractivity contribution is 5.04. The van der Waals surface area contributed by atoms with Crippen LogP contribution in [0.3, 0.4) is 0 Å². The number of rotatable bonds is 2. The van der Waals surface area contributed by atoms with Gasteiger partial charge in [0.1, 0.15) is 0 Å². The van der Waals surface area contributed by atoms with Gasteiger partial charge in [0.25, 0.3) is 0 Å². The van der Waals surface area contributed by atoms with Gasteiger partial charge in [-0.2, -0.15) is 0 Å². The summed E-state index contributed by atoms with van der Waals surface area (Å²) in [5.74, 6) is 0. The van der Waals surface area contributed by atoms with E-state index in [4.69, 9.17) is 4.74 Å². The van der Waals surface area contributed by atoms with Crippen molar-refractivity contribution in [3.05, 3.63) is 0 Å².